The second-order valence-corrected chi connectivity index (χ2v) is 6.31. The molecule has 0 spiro atoms. The standard InChI is InChI=1S/C15H20N2S/c16-11-15(17,13-7-3-1-4-8-13)12-18-14-9-5-2-6-10-14/h1,3-4,7-8,14H,2,5-6,9-10,12,17H2. The minimum atomic E-state index is -0.844. The maximum absolute atomic E-state index is 9.38. The highest BCUT2D eigenvalue weighted by molar-refractivity contribution is 7.99. The molecule has 96 valence electrons. The van der Waals surface area contributed by atoms with Crippen molar-refractivity contribution in [3.05, 3.63) is 35.9 Å². The van der Waals surface area contributed by atoms with Crippen molar-refractivity contribution >= 4 is 11.8 Å². The summed E-state index contributed by atoms with van der Waals surface area (Å²) in [7, 11) is 0. The van der Waals surface area contributed by atoms with Crippen LogP contribution in [-0.4, -0.2) is 11.0 Å². The lowest BCUT2D eigenvalue weighted by molar-refractivity contribution is 0.514. The molecule has 1 atom stereocenters. The van der Waals surface area contributed by atoms with E-state index < -0.39 is 5.54 Å². The van der Waals surface area contributed by atoms with E-state index in [2.05, 4.69) is 6.07 Å². The Kier molecular flexibility index (Phi) is 4.68. The highest BCUT2D eigenvalue weighted by Crippen LogP contribution is 2.32. The van der Waals surface area contributed by atoms with E-state index in [9.17, 15) is 5.26 Å². The SMILES string of the molecule is N#CC(N)(CSC1CCCCC1)c1ccccc1. The molecule has 1 unspecified atom stereocenters. The van der Waals surface area contributed by atoms with Crippen LogP contribution in [-0.2, 0) is 5.54 Å². The molecular formula is C15H20N2S. The summed E-state index contributed by atoms with van der Waals surface area (Å²) in [6, 6.07) is 12.0. The third-order valence-corrected chi connectivity index (χ3v) is 5.15. The van der Waals surface area contributed by atoms with Crippen LogP contribution in [0.5, 0.6) is 0 Å². The molecule has 0 aliphatic heterocycles. The Hall–Kier alpha value is -0.980. The zero-order valence-electron chi connectivity index (χ0n) is 10.6. The lowest BCUT2D eigenvalue weighted by Crippen LogP contribution is -2.38. The van der Waals surface area contributed by atoms with Crippen LogP contribution in [0.3, 0.4) is 0 Å². The molecule has 1 aromatic rings. The number of hydrogen-bond donors (Lipinski definition) is 1. The number of nitriles is 1. The summed E-state index contributed by atoms with van der Waals surface area (Å²) in [5, 5.41) is 10.1. The summed E-state index contributed by atoms with van der Waals surface area (Å²) < 4.78 is 0. The smallest absolute Gasteiger partial charge is 0.138 e. The van der Waals surface area contributed by atoms with Gasteiger partial charge in [-0.3, -0.25) is 0 Å². The van der Waals surface area contributed by atoms with Gasteiger partial charge in [-0.05, 0) is 18.4 Å². The van der Waals surface area contributed by atoms with Crippen molar-refractivity contribution in [3.8, 4) is 6.07 Å². The average molecular weight is 260 g/mol. The third kappa shape index (κ3) is 3.28. The molecule has 0 saturated heterocycles. The summed E-state index contributed by atoms with van der Waals surface area (Å²) in [5.41, 5.74) is 6.34. The maximum Gasteiger partial charge on any atom is 0.138 e. The van der Waals surface area contributed by atoms with Gasteiger partial charge in [-0.25, -0.2) is 0 Å². The first-order valence-electron chi connectivity index (χ1n) is 6.62. The van der Waals surface area contributed by atoms with Crippen molar-refractivity contribution in [2.75, 3.05) is 5.75 Å². The quantitative estimate of drug-likeness (QED) is 0.902. The fourth-order valence-electron chi connectivity index (χ4n) is 2.40. The third-order valence-electron chi connectivity index (χ3n) is 3.59. The van der Waals surface area contributed by atoms with E-state index in [-0.39, 0.29) is 0 Å². The topological polar surface area (TPSA) is 49.8 Å². The molecule has 0 bridgehead atoms. The van der Waals surface area contributed by atoms with Crippen molar-refractivity contribution in [1.29, 1.82) is 5.26 Å². The van der Waals surface area contributed by atoms with Crippen LogP contribution in [0.15, 0.2) is 30.3 Å². The van der Waals surface area contributed by atoms with Crippen molar-refractivity contribution in [2.24, 2.45) is 5.73 Å². The molecule has 2 nitrogen and oxygen atoms in total. The summed E-state index contributed by atoms with van der Waals surface area (Å²) in [6.07, 6.45) is 6.57. The van der Waals surface area contributed by atoms with Gasteiger partial charge in [-0.15, -0.1) is 0 Å². The van der Waals surface area contributed by atoms with E-state index in [0.717, 1.165) is 5.56 Å². The molecule has 18 heavy (non-hydrogen) atoms. The predicted molar refractivity (Wildman–Crippen MR) is 77.3 cm³/mol. The predicted octanol–water partition coefficient (Wildman–Crippen LogP) is 3.43. The van der Waals surface area contributed by atoms with Gasteiger partial charge >= 0.3 is 0 Å². The van der Waals surface area contributed by atoms with Gasteiger partial charge < -0.3 is 5.73 Å². The van der Waals surface area contributed by atoms with Gasteiger partial charge in [0.1, 0.15) is 5.54 Å². The Morgan fingerprint density at radius 3 is 2.50 bits per heavy atom. The van der Waals surface area contributed by atoms with Gasteiger partial charge in [-0.2, -0.15) is 17.0 Å². The van der Waals surface area contributed by atoms with Crippen LogP contribution < -0.4 is 5.73 Å². The van der Waals surface area contributed by atoms with E-state index in [1.807, 2.05) is 42.1 Å². The second kappa shape index (κ2) is 6.26. The molecule has 0 heterocycles. The minimum absolute atomic E-state index is 0.693. The molecule has 1 aromatic carbocycles. The Bertz CT molecular complexity index is 406. The molecule has 1 aliphatic rings. The van der Waals surface area contributed by atoms with Crippen molar-refractivity contribution < 1.29 is 0 Å². The van der Waals surface area contributed by atoms with E-state index in [4.69, 9.17) is 5.73 Å². The summed E-state index contributed by atoms with van der Waals surface area (Å²) in [6.45, 7) is 0. The van der Waals surface area contributed by atoms with Crippen molar-refractivity contribution in [1.82, 2.24) is 0 Å². The summed E-state index contributed by atoms with van der Waals surface area (Å²) in [4.78, 5) is 0. The van der Waals surface area contributed by atoms with Gasteiger partial charge in [0, 0.05) is 11.0 Å². The van der Waals surface area contributed by atoms with E-state index in [0.29, 0.717) is 11.0 Å². The maximum atomic E-state index is 9.38. The lowest BCUT2D eigenvalue weighted by Gasteiger charge is -2.26. The van der Waals surface area contributed by atoms with Gasteiger partial charge in [0.25, 0.3) is 0 Å². The largest absolute Gasteiger partial charge is 0.309 e. The first kappa shape index (κ1) is 13.5. The normalized spacial score (nSPS) is 20.0. The van der Waals surface area contributed by atoms with Crippen LogP contribution in [0.1, 0.15) is 37.7 Å². The van der Waals surface area contributed by atoms with Crippen LogP contribution >= 0.6 is 11.8 Å². The molecule has 2 rings (SSSR count). The van der Waals surface area contributed by atoms with Gasteiger partial charge in [-0.1, -0.05) is 49.6 Å². The lowest BCUT2D eigenvalue weighted by atomic mass is 9.95. The molecule has 2 N–H and O–H groups in total. The average Bonchev–Trinajstić information content (AvgIpc) is 2.47. The highest BCUT2D eigenvalue weighted by Gasteiger charge is 2.28. The van der Waals surface area contributed by atoms with Crippen LogP contribution in [0.4, 0.5) is 0 Å². The van der Waals surface area contributed by atoms with Gasteiger partial charge in [0.15, 0.2) is 0 Å². The van der Waals surface area contributed by atoms with Crippen molar-refractivity contribution in [2.45, 2.75) is 42.9 Å². The molecule has 1 aliphatic carbocycles. The Labute approximate surface area is 114 Å². The first-order chi connectivity index (χ1) is 8.74. The second-order valence-electron chi connectivity index (χ2n) is 5.02. The van der Waals surface area contributed by atoms with Crippen molar-refractivity contribution in [3.63, 3.8) is 0 Å². The van der Waals surface area contributed by atoms with Crippen LogP contribution in [0, 0.1) is 11.3 Å². The Morgan fingerprint density at radius 2 is 1.89 bits per heavy atom. The Balaban J connectivity index is 1.98. The fraction of sp³-hybridized carbons (Fsp3) is 0.533. The summed E-state index contributed by atoms with van der Waals surface area (Å²) in [5.74, 6) is 0.693. The highest BCUT2D eigenvalue weighted by atomic mass is 32.2. The van der Waals surface area contributed by atoms with Gasteiger partial charge in [0.2, 0.25) is 0 Å². The Morgan fingerprint density at radius 1 is 1.22 bits per heavy atom. The first-order valence-corrected chi connectivity index (χ1v) is 7.67. The molecule has 0 aromatic heterocycles. The fourth-order valence-corrected chi connectivity index (χ4v) is 3.79. The van der Waals surface area contributed by atoms with E-state index in [1.165, 1.54) is 32.1 Å². The number of rotatable bonds is 4. The molecule has 3 heteroatoms. The number of hydrogen-bond acceptors (Lipinski definition) is 3. The number of nitrogens with two attached hydrogens (primary N) is 1. The molecular weight excluding hydrogens is 240 g/mol. The molecule has 0 amide bonds. The molecule has 1 saturated carbocycles. The molecule has 1 fully saturated rings. The monoisotopic (exact) mass is 260 g/mol. The minimum Gasteiger partial charge on any atom is -0.309 e. The van der Waals surface area contributed by atoms with E-state index in [1.54, 1.807) is 0 Å². The van der Waals surface area contributed by atoms with Gasteiger partial charge in [0.05, 0.1) is 6.07 Å². The molecule has 0 radical (unpaired) electrons. The van der Waals surface area contributed by atoms with Crippen LogP contribution in [0.2, 0.25) is 0 Å². The zero-order chi connectivity index (χ0) is 12.8. The number of thioether (sulfide) groups is 1. The van der Waals surface area contributed by atoms with E-state index >= 15 is 0 Å². The summed E-state index contributed by atoms with van der Waals surface area (Å²) >= 11 is 1.88. The number of benzene rings is 1. The number of nitrogens with zero attached hydrogens (tertiary/aromatic N) is 1. The van der Waals surface area contributed by atoms with Crippen LogP contribution in [0.25, 0.3) is 0 Å². The zero-order valence-corrected chi connectivity index (χ0v) is 11.5.